The van der Waals surface area contributed by atoms with Crippen LogP contribution in [-0.4, -0.2) is 74.5 Å². The summed E-state index contributed by atoms with van der Waals surface area (Å²) in [5.74, 6) is 0.317. The number of anilines is 2. The molecule has 4 rings (SSSR count). The predicted octanol–water partition coefficient (Wildman–Crippen LogP) is 3.25. The molecule has 2 heterocycles. The zero-order chi connectivity index (χ0) is 25.0. The standard InChI is InChI=1S/C25H29F3N4O3/c1-35-19-8-9-22-18(15-19)5-4-10-32(22)17-24(34)31-13-11-30(12-14-31)16-23(33)29-21-7-3-2-6-20(21)25(26,27)28/h2-3,6-9,15H,4-5,10-14,16-17H2,1H3,(H,29,33). The minimum absolute atomic E-state index is 0.0249. The summed E-state index contributed by atoms with van der Waals surface area (Å²) in [5.41, 5.74) is 1.10. The number of hydrogen-bond donors (Lipinski definition) is 1. The van der Waals surface area contributed by atoms with E-state index < -0.39 is 17.6 Å². The first-order valence-electron chi connectivity index (χ1n) is 11.6. The molecule has 1 saturated heterocycles. The van der Waals surface area contributed by atoms with E-state index in [-0.39, 0.29) is 24.7 Å². The fraction of sp³-hybridized carbons (Fsp3) is 0.440. The van der Waals surface area contributed by atoms with Crippen molar-refractivity contribution in [2.75, 3.05) is 63.1 Å². The largest absolute Gasteiger partial charge is 0.497 e. The maximum absolute atomic E-state index is 13.2. The quantitative estimate of drug-likeness (QED) is 0.674. The molecule has 0 bridgehead atoms. The average molecular weight is 491 g/mol. The molecule has 0 aromatic heterocycles. The van der Waals surface area contributed by atoms with E-state index in [2.05, 4.69) is 10.2 Å². The third-order valence-corrected chi connectivity index (χ3v) is 6.43. The number of benzene rings is 2. The Morgan fingerprint density at radius 2 is 1.74 bits per heavy atom. The normalized spacial score (nSPS) is 16.6. The molecule has 1 N–H and O–H groups in total. The first-order valence-corrected chi connectivity index (χ1v) is 11.6. The van der Waals surface area contributed by atoms with Crippen molar-refractivity contribution in [1.82, 2.24) is 9.80 Å². The van der Waals surface area contributed by atoms with Crippen LogP contribution in [0.1, 0.15) is 17.5 Å². The van der Waals surface area contributed by atoms with Gasteiger partial charge in [0.1, 0.15) is 5.75 Å². The summed E-state index contributed by atoms with van der Waals surface area (Å²) in [6.45, 7) is 2.96. The SMILES string of the molecule is COc1ccc2c(c1)CCCN2CC(=O)N1CCN(CC(=O)Nc2ccccc2C(F)(F)F)CC1. The highest BCUT2D eigenvalue weighted by molar-refractivity contribution is 5.93. The van der Waals surface area contributed by atoms with Crippen molar-refractivity contribution in [3.05, 3.63) is 53.6 Å². The molecule has 2 aromatic carbocycles. The van der Waals surface area contributed by atoms with E-state index in [4.69, 9.17) is 4.74 Å². The summed E-state index contributed by atoms with van der Waals surface area (Å²) in [6.07, 6.45) is -2.63. The van der Waals surface area contributed by atoms with Crippen LogP contribution in [0.4, 0.5) is 24.5 Å². The maximum Gasteiger partial charge on any atom is 0.418 e. The number of fused-ring (bicyclic) bond motifs is 1. The van der Waals surface area contributed by atoms with Gasteiger partial charge in [0, 0.05) is 38.4 Å². The number of hydrogen-bond acceptors (Lipinski definition) is 5. The number of rotatable bonds is 6. The van der Waals surface area contributed by atoms with Crippen LogP contribution in [0.2, 0.25) is 0 Å². The number of methoxy groups -OCH3 is 1. The van der Waals surface area contributed by atoms with Crippen LogP contribution in [0, 0.1) is 0 Å². The van der Waals surface area contributed by atoms with Gasteiger partial charge >= 0.3 is 6.18 Å². The number of nitrogens with zero attached hydrogens (tertiary/aromatic N) is 3. The van der Waals surface area contributed by atoms with Crippen LogP contribution in [0.25, 0.3) is 0 Å². The zero-order valence-corrected chi connectivity index (χ0v) is 19.6. The van der Waals surface area contributed by atoms with E-state index in [1.165, 1.54) is 23.8 Å². The minimum Gasteiger partial charge on any atom is -0.497 e. The molecule has 2 aliphatic heterocycles. The second-order valence-electron chi connectivity index (χ2n) is 8.77. The first-order chi connectivity index (χ1) is 16.7. The maximum atomic E-state index is 13.2. The van der Waals surface area contributed by atoms with Gasteiger partial charge < -0.3 is 19.9 Å². The second kappa shape index (κ2) is 10.6. The van der Waals surface area contributed by atoms with E-state index in [1.807, 2.05) is 23.1 Å². The molecule has 0 radical (unpaired) electrons. The van der Waals surface area contributed by atoms with Crippen LogP contribution in [-0.2, 0) is 22.2 Å². The number of nitrogens with one attached hydrogen (secondary N) is 1. The Morgan fingerprint density at radius 3 is 2.46 bits per heavy atom. The highest BCUT2D eigenvalue weighted by Gasteiger charge is 2.34. The molecule has 0 spiro atoms. The van der Waals surface area contributed by atoms with Crippen LogP contribution < -0.4 is 15.0 Å². The molecule has 0 atom stereocenters. The Balaban J connectivity index is 1.27. The Kier molecular flexibility index (Phi) is 7.49. The monoisotopic (exact) mass is 490 g/mol. The summed E-state index contributed by atoms with van der Waals surface area (Å²) in [7, 11) is 1.64. The lowest BCUT2D eigenvalue weighted by Gasteiger charge is -2.37. The van der Waals surface area contributed by atoms with Gasteiger partial charge in [-0.1, -0.05) is 12.1 Å². The van der Waals surface area contributed by atoms with Gasteiger partial charge in [0.15, 0.2) is 0 Å². The summed E-state index contributed by atoms with van der Waals surface area (Å²) >= 11 is 0. The van der Waals surface area contributed by atoms with Gasteiger partial charge in [-0.2, -0.15) is 13.2 Å². The Labute approximate surface area is 202 Å². The van der Waals surface area contributed by atoms with Crippen LogP contribution >= 0.6 is 0 Å². The second-order valence-corrected chi connectivity index (χ2v) is 8.77. The molecule has 188 valence electrons. The third kappa shape index (κ3) is 6.05. The number of piperazine rings is 1. The summed E-state index contributed by atoms with van der Waals surface area (Å²) < 4.78 is 44.8. The van der Waals surface area contributed by atoms with Gasteiger partial charge in [0.2, 0.25) is 11.8 Å². The molecule has 2 aliphatic rings. The number of carbonyl (C=O) groups is 2. The van der Waals surface area contributed by atoms with Crippen molar-refractivity contribution >= 4 is 23.2 Å². The summed E-state index contributed by atoms with van der Waals surface area (Å²) in [4.78, 5) is 31.1. The molecule has 7 nitrogen and oxygen atoms in total. The minimum atomic E-state index is -4.54. The van der Waals surface area contributed by atoms with Crippen molar-refractivity contribution in [3.8, 4) is 5.75 Å². The molecular formula is C25H29F3N4O3. The third-order valence-electron chi connectivity index (χ3n) is 6.43. The lowest BCUT2D eigenvalue weighted by Crippen LogP contribution is -2.52. The molecular weight excluding hydrogens is 461 g/mol. The molecule has 0 unspecified atom stereocenters. The topological polar surface area (TPSA) is 65.1 Å². The first kappa shape index (κ1) is 24.8. The van der Waals surface area contributed by atoms with Crippen molar-refractivity contribution in [2.45, 2.75) is 19.0 Å². The Morgan fingerprint density at radius 1 is 1.00 bits per heavy atom. The van der Waals surface area contributed by atoms with Crippen molar-refractivity contribution in [1.29, 1.82) is 0 Å². The van der Waals surface area contributed by atoms with E-state index in [0.29, 0.717) is 26.2 Å². The van der Waals surface area contributed by atoms with Gasteiger partial charge in [-0.05, 0) is 48.7 Å². The highest BCUT2D eigenvalue weighted by Crippen LogP contribution is 2.34. The zero-order valence-electron chi connectivity index (χ0n) is 19.6. The fourth-order valence-electron chi connectivity index (χ4n) is 4.59. The van der Waals surface area contributed by atoms with E-state index in [9.17, 15) is 22.8 Å². The lowest BCUT2D eigenvalue weighted by molar-refractivity contribution is -0.137. The molecule has 10 heteroatoms. The predicted molar refractivity (Wildman–Crippen MR) is 127 cm³/mol. The molecule has 2 aromatic rings. The van der Waals surface area contributed by atoms with Crippen LogP contribution in [0.5, 0.6) is 5.75 Å². The number of carbonyl (C=O) groups excluding carboxylic acids is 2. The Bertz CT molecular complexity index is 1070. The smallest absolute Gasteiger partial charge is 0.418 e. The van der Waals surface area contributed by atoms with Crippen molar-refractivity contribution in [2.24, 2.45) is 0 Å². The van der Waals surface area contributed by atoms with Gasteiger partial charge in [-0.25, -0.2) is 0 Å². The molecule has 0 aliphatic carbocycles. The average Bonchev–Trinajstić information content (AvgIpc) is 2.84. The number of halogens is 3. The van der Waals surface area contributed by atoms with Gasteiger partial charge in [-0.3, -0.25) is 14.5 Å². The molecule has 2 amide bonds. The van der Waals surface area contributed by atoms with Crippen LogP contribution in [0.15, 0.2) is 42.5 Å². The summed E-state index contributed by atoms with van der Waals surface area (Å²) in [5, 5.41) is 2.37. The van der Waals surface area contributed by atoms with Gasteiger partial charge in [0.25, 0.3) is 0 Å². The van der Waals surface area contributed by atoms with E-state index in [1.54, 1.807) is 12.0 Å². The molecule has 0 saturated carbocycles. The lowest BCUT2D eigenvalue weighted by atomic mass is 10.0. The fourth-order valence-corrected chi connectivity index (χ4v) is 4.59. The number of alkyl halides is 3. The van der Waals surface area contributed by atoms with Crippen molar-refractivity contribution in [3.63, 3.8) is 0 Å². The van der Waals surface area contributed by atoms with Crippen LogP contribution in [0.3, 0.4) is 0 Å². The van der Waals surface area contributed by atoms with Gasteiger partial charge in [0.05, 0.1) is 31.5 Å². The molecule has 1 fully saturated rings. The number of aryl methyl sites for hydroxylation is 1. The number of para-hydroxylation sites is 1. The number of amides is 2. The van der Waals surface area contributed by atoms with E-state index in [0.717, 1.165) is 36.9 Å². The van der Waals surface area contributed by atoms with Crippen molar-refractivity contribution < 1.29 is 27.5 Å². The Hall–Kier alpha value is -3.27. The van der Waals surface area contributed by atoms with Gasteiger partial charge in [-0.15, -0.1) is 0 Å². The summed E-state index contributed by atoms with van der Waals surface area (Å²) in [6, 6.07) is 10.8. The molecule has 35 heavy (non-hydrogen) atoms. The number of ether oxygens (including phenoxy) is 1. The highest BCUT2D eigenvalue weighted by atomic mass is 19.4. The van der Waals surface area contributed by atoms with E-state index >= 15 is 0 Å².